The molecular formula is C6H11NO. The lowest BCUT2D eigenvalue weighted by Gasteiger charge is -2.26. The van der Waals surface area contributed by atoms with Gasteiger partial charge < -0.3 is 4.74 Å². The molecule has 2 nitrogen and oxygen atoms in total. The first-order valence-corrected chi connectivity index (χ1v) is 2.82. The second kappa shape index (κ2) is 1.78. The van der Waals surface area contributed by atoms with Crippen LogP contribution in [0.2, 0.25) is 0 Å². The summed E-state index contributed by atoms with van der Waals surface area (Å²) >= 11 is 0. The average molecular weight is 113 g/mol. The Hall–Kier alpha value is -0.500. The number of hydrogen-bond donors (Lipinski definition) is 1. The molecule has 0 saturated heterocycles. The van der Waals surface area contributed by atoms with Crippen molar-refractivity contribution in [2.24, 2.45) is 5.73 Å². The van der Waals surface area contributed by atoms with Gasteiger partial charge in [-0.3, -0.25) is 5.73 Å². The molecule has 0 radical (unpaired) electrons. The predicted octanol–water partition coefficient (Wildman–Crippen LogP) is 0.985. The van der Waals surface area contributed by atoms with Crippen molar-refractivity contribution in [3.63, 3.8) is 0 Å². The highest BCUT2D eigenvalue weighted by Gasteiger charge is 2.18. The van der Waals surface area contributed by atoms with Crippen LogP contribution in [0.5, 0.6) is 0 Å². The smallest absolute Gasteiger partial charge is 0.155 e. The zero-order valence-electron chi connectivity index (χ0n) is 5.05. The molecule has 0 aromatic rings. The molecule has 0 aromatic carbocycles. The Morgan fingerprint density at radius 3 is 2.75 bits per heavy atom. The predicted molar refractivity (Wildman–Crippen MR) is 32.1 cm³/mol. The van der Waals surface area contributed by atoms with Crippen LogP contribution in [0.15, 0.2) is 12.3 Å². The van der Waals surface area contributed by atoms with Gasteiger partial charge in [-0.05, 0) is 19.4 Å². The summed E-state index contributed by atoms with van der Waals surface area (Å²) in [5.41, 5.74) is 5.20. The molecule has 0 amide bonds. The van der Waals surface area contributed by atoms with Crippen molar-refractivity contribution in [3.8, 4) is 0 Å². The molecule has 0 spiro atoms. The molecule has 8 heavy (non-hydrogen) atoms. The van der Waals surface area contributed by atoms with E-state index >= 15 is 0 Å². The Bertz CT molecular complexity index is 107. The van der Waals surface area contributed by atoms with Crippen LogP contribution in [-0.4, -0.2) is 5.72 Å². The van der Waals surface area contributed by atoms with Gasteiger partial charge in [0, 0.05) is 6.42 Å². The lowest BCUT2D eigenvalue weighted by Crippen LogP contribution is -2.38. The fourth-order valence-corrected chi connectivity index (χ4v) is 0.700. The van der Waals surface area contributed by atoms with Gasteiger partial charge in [-0.1, -0.05) is 0 Å². The highest BCUT2D eigenvalue weighted by atomic mass is 16.5. The molecule has 0 fully saturated rings. The van der Waals surface area contributed by atoms with E-state index in [1.165, 1.54) is 0 Å². The molecule has 1 atom stereocenters. The van der Waals surface area contributed by atoms with Gasteiger partial charge in [0.1, 0.15) is 0 Å². The van der Waals surface area contributed by atoms with E-state index in [-0.39, 0.29) is 0 Å². The number of hydrogen-bond acceptors (Lipinski definition) is 2. The Labute approximate surface area is 49.3 Å². The standard InChI is InChI=1S/C6H11NO/c1-6(7)4-2-3-5-8-6/h3,5H,2,4,7H2,1H3. The van der Waals surface area contributed by atoms with Gasteiger partial charge in [0.2, 0.25) is 0 Å². The minimum Gasteiger partial charge on any atom is -0.481 e. The first-order valence-electron chi connectivity index (χ1n) is 2.82. The Kier molecular flexibility index (Phi) is 1.26. The topological polar surface area (TPSA) is 35.2 Å². The molecule has 0 bridgehead atoms. The molecule has 0 aliphatic carbocycles. The van der Waals surface area contributed by atoms with Crippen molar-refractivity contribution in [1.29, 1.82) is 0 Å². The van der Waals surface area contributed by atoms with E-state index < -0.39 is 5.72 Å². The molecule has 1 aliphatic rings. The fourth-order valence-electron chi connectivity index (χ4n) is 0.700. The maximum absolute atomic E-state index is 5.60. The quantitative estimate of drug-likeness (QED) is 0.508. The van der Waals surface area contributed by atoms with Crippen LogP contribution >= 0.6 is 0 Å². The summed E-state index contributed by atoms with van der Waals surface area (Å²) in [5.74, 6) is 0. The average Bonchev–Trinajstić information content (AvgIpc) is 1.65. The van der Waals surface area contributed by atoms with Gasteiger partial charge in [0.25, 0.3) is 0 Å². The van der Waals surface area contributed by atoms with E-state index in [2.05, 4.69) is 0 Å². The summed E-state index contributed by atoms with van der Waals surface area (Å²) < 4.78 is 5.06. The molecule has 2 heteroatoms. The SMILES string of the molecule is CC1(N)CCC=CO1. The van der Waals surface area contributed by atoms with Crippen molar-refractivity contribution in [2.75, 3.05) is 0 Å². The molecule has 1 unspecified atom stereocenters. The van der Waals surface area contributed by atoms with Crippen molar-refractivity contribution in [3.05, 3.63) is 12.3 Å². The molecule has 0 saturated carbocycles. The first-order chi connectivity index (χ1) is 3.71. The fraction of sp³-hybridized carbons (Fsp3) is 0.667. The van der Waals surface area contributed by atoms with Crippen LogP contribution < -0.4 is 5.73 Å². The molecule has 1 aliphatic heterocycles. The molecule has 1 heterocycles. The minimum atomic E-state index is -0.408. The van der Waals surface area contributed by atoms with Gasteiger partial charge in [-0.2, -0.15) is 0 Å². The Balaban J connectivity index is 2.50. The summed E-state index contributed by atoms with van der Waals surface area (Å²) in [6.45, 7) is 1.89. The summed E-state index contributed by atoms with van der Waals surface area (Å²) in [6, 6.07) is 0. The van der Waals surface area contributed by atoms with Crippen molar-refractivity contribution in [1.82, 2.24) is 0 Å². The highest BCUT2D eigenvalue weighted by molar-refractivity contribution is 4.85. The number of rotatable bonds is 0. The van der Waals surface area contributed by atoms with E-state index in [4.69, 9.17) is 10.5 Å². The zero-order chi connectivity index (χ0) is 6.04. The van der Waals surface area contributed by atoms with E-state index in [1.807, 2.05) is 13.0 Å². The largest absolute Gasteiger partial charge is 0.481 e. The van der Waals surface area contributed by atoms with Crippen molar-refractivity contribution in [2.45, 2.75) is 25.5 Å². The Morgan fingerprint density at radius 2 is 2.50 bits per heavy atom. The molecule has 1 rings (SSSR count). The van der Waals surface area contributed by atoms with E-state index in [0.717, 1.165) is 12.8 Å². The molecule has 46 valence electrons. The monoisotopic (exact) mass is 113 g/mol. The van der Waals surface area contributed by atoms with Crippen molar-refractivity contribution >= 4 is 0 Å². The van der Waals surface area contributed by atoms with Crippen molar-refractivity contribution < 1.29 is 4.74 Å². The lowest BCUT2D eigenvalue weighted by atomic mass is 10.1. The third-order valence-corrected chi connectivity index (χ3v) is 1.24. The van der Waals surface area contributed by atoms with E-state index in [1.54, 1.807) is 6.26 Å². The second-order valence-electron chi connectivity index (χ2n) is 2.34. The van der Waals surface area contributed by atoms with Crippen LogP contribution in [-0.2, 0) is 4.74 Å². The van der Waals surface area contributed by atoms with E-state index in [9.17, 15) is 0 Å². The normalized spacial score (nSPS) is 36.8. The maximum atomic E-state index is 5.60. The van der Waals surface area contributed by atoms with Gasteiger partial charge in [0.15, 0.2) is 5.72 Å². The van der Waals surface area contributed by atoms with Crippen LogP contribution in [0.25, 0.3) is 0 Å². The zero-order valence-corrected chi connectivity index (χ0v) is 5.05. The Morgan fingerprint density at radius 1 is 1.75 bits per heavy atom. The summed E-state index contributed by atoms with van der Waals surface area (Å²) in [5, 5.41) is 0. The number of nitrogens with two attached hydrogens (primary N) is 1. The highest BCUT2D eigenvalue weighted by Crippen LogP contribution is 2.15. The van der Waals surface area contributed by atoms with Crippen LogP contribution in [0.3, 0.4) is 0 Å². The van der Waals surface area contributed by atoms with Crippen LogP contribution in [0.1, 0.15) is 19.8 Å². The van der Waals surface area contributed by atoms with Crippen LogP contribution in [0, 0.1) is 0 Å². The molecule has 0 aromatic heterocycles. The third-order valence-electron chi connectivity index (χ3n) is 1.24. The maximum Gasteiger partial charge on any atom is 0.155 e. The second-order valence-corrected chi connectivity index (χ2v) is 2.34. The summed E-state index contributed by atoms with van der Waals surface area (Å²) in [4.78, 5) is 0. The summed E-state index contributed by atoms with van der Waals surface area (Å²) in [7, 11) is 0. The van der Waals surface area contributed by atoms with Crippen LogP contribution in [0.4, 0.5) is 0 Å². The van der Waals surface area contributed by atoms with Gasteiger partial charge in [-0.15, -0.1) is 0 Å². The number of ether oxygens (including phenoxy) is 1. The van der Waals surface area contributed by atoms with E-state index in [0.29, 0.717) is 0 Å². The van der Waals surface area contributed by atoms with Gasteiger partial charge >= 0.3 is 0 Å². The first kappa shape index (κ1) is 5.63. The summed E-state index contributed by atoms with van der Waals surface area (Å²) in [6.07, 6.45) is 5.61. The third kappa shape index (κ3) is 1.23. The van der Waals surface area contributed by atoms with Gasteiger partial charge in [-0.25, -0.2) is 0 Å². The molecular weight excluding hydrogens is 102 g/mol. The number of allylic oxidation sites excluding steroid dienone is 1. The lowest BCUT2D eigenvalue weighted by molar-refractivity contribution is 0.0279. The van der Waals surface area contributed by atoms with Gasteiger partial charge in [0.05, 0.1) is 6.26 Å². The minimum absolute atomic E-state index is 0.408. The molecule has 2 N–H and O–H groups in total.